The third-order valence-electron chi connectivity index (χ3n) is 3.39. The molecule has 0 aliphatic heterocycles. The lowest BCUT2D eigenvalue weighted by Crippen LogP contribution is -2.33. The van der Waals surface area contributed by atoms with E-state index in [1.807, 2.05) is 51.1 Å². The van der Waals surface area contributed by atoms with E-state index in [0.717, 1.165) is 24.8 Å². The topological polar surface area (TPSA) is 67.4 Å². The van der Waals surface area contributed by atoms with Crippen LogP contribution in [0, 0.1) is 0 Å². The first-order valence-electron chi connectivity index (χ1n) is 8.70. The standard InChI is InChI=1S/C19H29ClN2O3/c1-19(2,3)25-18(24)21-13-9-5-8-12-17(23)22-14-16(20)15-10-6-4-7-11-15/h4,6-7,10-11,16H,5,8-9,12-14H2,1-3H3,(H,21,24)(H,22,23). The molecule has 1 rings (SSSR count). The third kappa shape index (κ3) is 10.7. The van der Waals surface area contributed by atoms with Crippen LogP contribution >= 0.6 is 11.6 Å². The van der Waals surface area contributed by atoms with Crippen LogP contribution in [0.4, 0.5) is 4.79 Å². The van der Waals surface area contributed by atoms with Gasteiger partial charge in [0.2, 0.25) is 5.91 Å². The summed E-state index contributed by atoms with van der Waals surface area (Å²) in [7, 11) is 0. The van der Waals surface area contributed by atoms with Crippen LogP contribution in [0.25, 0.3) is 0 Å². The van der Waals surface area contributed by atoms with E-state index < -0.39 is 11.7 Å². The molecule has 0 radical (unpaired) electrons. The molecule has 1 aromatic rings. The molecule has 1 aromatic carbocycles. The molecule has 2 N–H and O–H groups in total. The molecular weight excluding hydrogens is 340 g/mol. The molecule has 140 valence electrons. The average molecular weight is 369 g/mol. The molecule has 0 saturated heterocycles. The van der Waals surface area contributed by atoms with Gasteiger partial charge in [-0.25, -0.2) is 4.79 Å². The molecular formula is C19H29ClN2O3. The fourth-order valence-corrected chi connectivity index (χ4v) is 2.39. The molecule has 6 heteroatoms. The van der Waals surface area contributed by atoms with Gasteiger partial charge in [0.05, 0.1) is 5.38 Å². The second kappa shape index (κ2) is 11.0. The number of amides is 2. The third-order valence-corrected chi connectivity index (χ3v) is 3.79. The van der Waals surface area contributed by atoms with Gasteiger partial charge >= 0.3 is 6.09 Å². The number of alkyl halides is 1. The van der Waals surface area contributed by atoms with Gasteiger partial charge < -0.3 is 15.4 Å². The predicted molar refractivity (Wildman–Crippen MR) is 101 cm³/mol. The highest BCUT2D eigenvalue weighted by molar-refractivity contribution is 6.21. The number of halogens is 1. The van der Waals surface area contributed by atoms with Gasteiger partial charge in [-0.2, -0.15) is 0 Å². The van der Waals surface area contributed by atoms with Crippen molar-refractivity contribution in [3.63, 3.8) is 0 Å². The summed E-state index contributed by atoms with van der Waals surface area (Å²) in [6, 6.07) is 9.68. The summed E-state index contributed by atoms with van der Waals surface area (Å²) in [6.45, 7) is 6.45. The largest absolute Gasteiger partial charge is 0.444 e. The number of benzene rings is 1. The highest BCUT2D eigenvalue weighted by Gasteiger charge is 2.15. The zero-order valence-electron chi connectivity index (χ0n) is 15.3. The monoisotopic (exact) mass is 368 g/mol. The fourth-order valence-electron chi connectivity index (χ4n) is 2.16. The molecule has 0 spiro atoms. The molecule has 0 aromatic heterocycles. The van der Waals surface area contributed by atoms with Gasteiger partial charge in [0.1, 0.15) is 5.60 Å². The summed E-state index contributed by atoms with van der Waals surface area (Å²) in [5.41, 5.74) is 0.514. The lowest BCUT2D eigenvalue weighted by atomic mass is 10.1. The van der Waals surface area contributed by atoms with Gasteiger partial charge in [-0.15, -0.1) is 11.6 Å². The molecule has 25 heavy (non-hydrogen) atoms. The SMILES string of the molecule is CC(C)(C)OC(=O)NCCCCCC(=O)NCC(Cl)c1ccccc1. The van der Waals surface area contributed by atoms with Gasteiger partial charge in [-0.1, -0.05) is 36.8 Å². The van der Waals surface area contributed by atoms with Crippen LogP contribution in [0.15, 0.2) is 30.3 Å². The Morgan fingerprint density at radius 2 is 1.76 bits per heavy atom. The quantitative estimate of drug-likeness (QED) is 0.507. The Bertz CT molecular complexity index is 529. The van der Waals surface area contributed by atoms with E-state index in [4.69, 9.17) is 16.3 Å². The van der Waals surface area contributed by atoms with Gasteiger partial charge in [0.15, 0.2) is 0 Å². The number of carbonyl (C=O) groups excluding carboxylic acids is 2. The summed E-state index contributed by atoms with van der Waals surface area (Å²) in [4.78, 5) is 23.3. The number of nitrogens with one attached hydrogen (secondary N) is 2. The molecule has 5 nitrogen and oxygen atoms in total. The molecule has 0 aliphatic carbocycles. The number of alkyl carbamates (subject to hydrolysis) is 1. The first-order chi connectivity index (χ1) is 11.8. The van der Waals surface area contributed by atoms with E-state index in [2.05, 4.69) is 10.6 Å². The Labute approximate surface area is 155 Å². The van der Waals surface area contributed by atoms with E-state index >= 15 is 0 Å². The van der Waals surface area contributed by atoms with E-state index in [1.54, 1.807) is 0 Å². The van der Waals surface area contributed by atoms with Crippen LogP contribution in [0.1, 0.15) is 57.4 Å². The van der Waals surface area contributed by atoms with Crippen molar-refractivity contribution in [2.45, 2.75) is 57.4 Å². The second-order valence-electron chi connectivity index (χ2n) is 6.92. The van der Waals surface area contributed by atoms with Crippen molar-refractivity contribution >= 4 is 23.6 Å². The van der Waals surface area contributed by atoms with Crippen LogP contribution in [0.2, 0.25) is 0 Å². The Morgan fingerprint density at radius 3 is 2.40 bits per heavy atom. The van der Waals surface area contributed by atoms with Crippen LogP contribution in [-0.4, -0.2) is 30.7 Å². The highest BCUT2D eigenvalue weighted by Crippen LogP contribution is 2.18. The zero-order valence-corrected chi connectivity index (χ0v) is 16.1. The normalized spacial score (nSPS) is 12.3. The molecule has 2 amide bonds. The van der Waals surface area contributed by atoms with E-state index in [0.29, 0.717) is 19.5 Å². The molecule has 0 bridgehead atoms. The Morgan fingerprint density at radius 1 is 1.08 bits per heavy atom. The van der Waals surface area contributed by atoms with Gasteiger partial charge in [-0.05, 0) is 39.2 Å². The summed E-state index contributed by atoms with van der Waals surface area (Å²) >= 11 is 6.26. The average Bonchev–Trinajstić information content (AvgIpc) is 2.55. The molecule has 1 unspecified atom stereocenters. The van der Waals surface area contributed by atoms with Crippen LogP contribution in [0.5, 0.6) is 0 Å². The van der Waals surface area contributed by atoms with Crippen LogP contribution < -0.4 is 10.6 Å². The second-order valence-corrected chi connectivity index (χ2v) is 7.45. The smallest absolute Gasteiger partial charge is 0.407 e. The van der Waals surface area contributed by atoms with Crippen molar-refractivity contribution in [3.8, 4) is 0 Å². The van der Waals surface area contributed by atoms with E-state index in [-0.39, 0.29) is 11.3 Å². The summed E-state index contributed by atoms with van der Waals surface area (Å²) < 4.78 is 5.15. The number of rotatable bonds is 9. The number of hydrogen-bond donors (Lipinski definition) is 2. The summed E-state index contributed by atoms with van der Waals surface area (Å²) in [5, 5.41) is 5.34. The summed E-state index contributed by atoms with van der Waals surface area (Å²) in [6.07, 6.45) is 2.52. The van der Waals surface area contributed by atoms with Crippen molar-refractivity contribution in [3.05, 3.63) is 35.9 Å². The maximum Gasteiger partial charge on any atom is 0.407 e. The number of hydrogen-bond acceptors (Lipinski definition) is 3. The Balaban J connectivity index is 2.05. The van der Waals surface area contributed by atoms with Crippen LogP contribution in [-0.2, 0) is 9.53 Å². The van der Waals surface area contributed by atoms with Gasteiger partial charge in [-0.3, -0.25) is 4.79 Å². The first kappa shape index (κ1) is 21.3. The number of unbranched alkanes of at least 4 members (excludes halogenated alkanes) is 2. The van der Waals surface area contributed by atoms with E-state index in [9.17, 15) is 9.59 Å². The maximum absolute atomic E-state index is 11.8. The lowest BCUT2D eigenvalue weighted by Gasteiger charge is -2.19. The van der Waals surface area contributed by atoms with Crippen molar-refractivity contribution in [2.24, 2.45) is 0 Å². The van der Waals surface area contributed by atoms with Gasteiger partial charge in [0.25, 0.3) is 0 Å². The molecule has 0 aliphatic rings. The van der Waals surface area contributed by atoms with Crippen molar-refractivity contribution < 1.29 is 14.3 Å². The minimum absolute atomic E-state index is 0.00156. The molecule has 0 saturated carbocycles. The lowest BCUT2D eigenvalue weighted by molar-refractivity contribution is -0.121. The Hall–Kier alpha value is -1.75. The van der Waals surface area contributed by atoms with E-state index in [1.165, 1.54) is 0 Å². The maximum atomic E-state index is 11.8. The van der Waals surface area contributed by atoms with Crippen molar-refractivity contribution in [2.75, 3.05) is 13.1 Å². The number of carbonyl (C=O) groups is 2. The van der Waals surface area contributed by atoms with Crippen molar-refractivity contribution in [1.29, 1.82) is 0 Å². The fraction of sp³-hybridized carbons (Fsp3) is 0.579. The molecule has 0 fully saturated rings. The van der Waals surface area contributed by atoms with Crippen molar-refractivity contribution in [1.82, 2.24) is 10.6 Å². The predicted octanol–water partition coefficient (Wildman–Crippen LogP) is 4.17. The first-order valence-corrected chi connectivity index (χ1v) is 9.14. The zero-order chi connectivity index (χ0) is 18.7. The van der Waals surface area contributed by atoms with Crippen LogP contribution in [0.3, 0.4) is 0 Å². The minimum Gasteiger partial charge on any atom is -0.444 e. The van der Waals surface area contributed by atoms with Gasteiger partial charge in [0, 0.05) is 19.5 Å². The number of ether oxygens (including phenoxy) is 1. The molecule has 0 heterocycles. The highest BCUT2D eigenvalue weighted by atomic mass is 35.5. The minimum atomic E-state index is -0.484. The Kier molecular flexibility index (Phi) is 9.35. The molecule has 1 atom stereocenters. The summed E-state index contributed by atoms with van der Waals surface area (Å²) in [5.74, 6) is 0.00156.